The van der Waals surface area contributed by atoms with E-state index in [1.807, 2.05) is 0 Å². The Bertz CT molecular complexity index is 1910. The second-order valence-electron chi connectivity index (χ2n) is 9.00. The van der Waals surface area contributed by atoms with Gasteiger partial charge in [0.2, 0.25) is 0 Å². The smallest absolute Gasteiger partial charge is 0.320 e. The van der Waals surface area contributed by atoms with E-state index in [9.17, 15) is 19.2 Å². The van der Waals surface area contributed by atoms with Gasteiger partial charge in [0.1, 0.15) is 0 Å². The number of carbonyl (C=O) groups excluding carboxylic acids is 4. The summed E-state index contributed by atoms with van der Waals surface area (Å²) in [5, 5.41) is 19.8. The molecule has 0 saturated heterocycles. The number of hydrogen-bond donors (Lipinski definition) is 6. The van der Waals surface area contributed by atoms with E-state index >= 15 is 0 Å². The molecule has 0 aliphatic carbocycles. The van der Waals surface area contributed by atoms with Crippen molar-refractivity contribution in [2.45, 2.75) is 0 Å². The fourth-order valence-electron chi connectivity index (χ4n) is 5.45. The minimum atomic E-state index is -0.938. The zero-order chi connectivity index (χ0) is 28.6. The van der Waals surface area contributed by atoms with Crippen LogP contribution < -0.4 is 33.6 Å². The van der Waals surface area contributed by atoms with Crippen molar-refractivity contribution in [2.24, 2.45) is 22.9 Å². The minimum absolute atomic E-state index is 0.937. The summed E-state index contributed by atoms with van der Waals surface area (Å²) < 4.78 is 0. The van der Waals surface area contributed by atoms with Crippen molar-refractivity contribution < 1.29 is 19.2 Å². The fourth-order valence-corrected chi connectivity index (χ4v) is 5.45. The van der Waals surface area contributed by atoms with E-state index in [0.29, 0.717) is 0 Å². The van der Waals surface area contributed by atoms with Gasteiger partial charge < -0.3 is 22.9 Å². The molecule has 0 aliphatic rings. The molecule has 0 aliphatic heterocycles. The molecule has 0 unspecified atom stereocenters. The van der Waals surface area contributed by atoms with Crippen LogP contribution in [0.2, 0.25) is 0 Å². The van der Waals surface area contributed by atoms with Crippen LogP contribution in [-0.2, 0) is 0 Å². The van der Waals surface area contributed by atoms with E-state index in [1.54, 1.807) is 10.6 Å². The number of nitrogens with one attached hydrogen (secondary N) is 2. The molecular formula is C30H24N6O4. The molecule has 7 aromatic carbocycles. The van der Waals surface area contributed by atoms with Crippen molar-refractivity contribution in [1.82, 2.24) is 10.6 Å². The third kappa shape index (κ3) is 4.39. The van der Waals surface area contributed by atoms with Crippen molar-refractivity contribution in [3.8, 4) is 0 Å². The SMILES string of the molecule is NC(=O)NC(N)=O.NC(=O)NC(N)=O.c1ccc2c(c1)c1cccc3c4c5ccccc5c5cccc(c2c13)c54. The molecule has 0 spiro atoms. The second kappa shape index (κ2) is 10.1. The lowest BCUT2D eigenvalue weighted by Gasteiger charge is -2.07. The monoisotopic (exact) mass is 532 g/mol. The van der Waals surface area contributed by atoms with Gasteiger partial charge in [-0.05, 0) is 64.6 Å². The van der Waals surface area contributed by atoms with Crippen molar-refractivity contribution >= 4 is 88.8 Å². The second-order valence-corrected chi connectivity index (χ2v) is 9.00. The number of imide groups is 2. The molecule has 0 heterocycles. The summed E-state index contributed by atoms with van der Waals surface area (Å²) in [5.41, 5.74) is 17.8. The Morgan fingerprint density at radius 3 is 0.825 bits per heavy atom. The molecule has 0 bridgehead atoms. The first kappa shape index (κ1) is 25.7. The molecule has 40 heavy (non-hydrogen) atoms. The Balaban J connectivity index is 0.000000194. The largest absolute Gasteiger partial charge is 0.351 e. The van der Waals surface area contributed by atoms with Crippen LogP contribution in [0.4, 0.5) is 19.2 Å². The highest BCUT2D eigenvalue weighted by Crippen LogP contribution is 2.49. The zero-order valence-corrected chi connectivity index (χ0v) is 21.0. The van der Waals surface area contributed by atoms with Crippen molar-refractivity contribution in [3.63, 3.8) is 0 Å². The molecular weight excluding hydrogens is 508 g/mol. The molecule has 0 saturated carbocycles. The molecule has 0 atom stereocenters. The normalized spacial score (nSPS) is 10.8. The van der Waals surface area contributed by atoms with Gasteiger partial charge in [-0.1, -0.05) is 84.9 Å². The summed E-state index contributed by atoms with van der Waals surface area (Å²) in [6, 6.07) is 27.6. The van der Waals surface area contributed by atoms with Gasteiger partial charge in [-0.3, -0.25) is 10.6 Å². The van der Waals surface area contributed by atoms with E-state index in [4.69, 9.17) is 0 Å². The summed E-state index contributed by atoms with van der Waals surface area (Å²) in [4.78, 5) is 38.5. The van der Waals surface area contributed by atoms with Gasteiger partial charge in [-0.2, -0.15) is 0 Å². The maximum Gasteiger partial charge on any atom is 0.320 e. The number of urea groups is 4. The van der Waals surface area contributed by atoms with Gasteiger partial charge in [0.05, 0.1) is 0 Å². The average Bonchev–Trinajstić information content (AvgIpc) is 3.42. The van der Waals surface area contributed by atoms with E-state index in [2.05, 4.69) is 108 Å². The van der Waals surface area contributed by atoms with Crippen LogP contribution >= 0.6 is 0 Å². The minimum Gasteiger partial charge on any atom is -0.351 e. The van der Waals surface area contributed by atoms with E-state index < -0.39 is 24.1 Å². The van der Waals surface area contributed by atoms with E-state index in [0.717, 1.165) is 0 Å². The molecule has 0 radical (unpaired) electrons. The van der Waals surface area contributed by atoms with Gasteiger partial charge in [-0.25, -0.2) is 19.2 Å². The molecule has 10 heteroatoms. The first-order valence-electron chi connectivity index (χ1n) is 12.1. The number of nitrogens with two attached hydrogens (primary N) is 4. The summed E-state index contributed by atoms with van der Waals surface area (Å²) >= 11 is 0. The van der Waals surface area contributed by atoms with Gasteiger partial charge in [0.15, 0.2) is 0 Å². The van der Waals surface area contributed by atoms with E-state index in [-0.39, 0.29) is 0 Å². The fraction of sp³-hybridized carbons (Fsp3) is 0. The van der Waals surface area contributed by atoms with Gasteiger partial charge in [-0.15, -0.1) is 0 Å². The van der Waals surface area contributed by atoms with Crippen LogP contribution in [0.5, 0.6) is 0 Å². The number of rotatable bonds is 0. The molecule has 7 aromatic rings. The summed E-state index contributed by atoms with van der Waals surface area (Å²) in [7, 11) is 0. The lowest BCUT2D eigenvalue weighted by Crippen LogP contribution is -2.38. The van der Waals surface area contributed by atoms with Crippen LogP contribution in [0.3, 0.4) is 0 Å². The van der Waals surface area contributed by atoms with Crippen LogP contribution in [0, 0.1) is 0 Å². The van der Waals surface area contributed by atoms with Gasteiger partial charge >= 0.3 is 24.1 Å². The molecule has 0 aromatic heterocycles. The van der Waals surface area contributed by atoms with Gasteiger partial charge in [0, 0.05) is 0 Å². The maximum atomic E-state index is 9.62. The molecule has 10 N–H and O–H groups in total. The van der Waals surface area contributed by atoms with Crippen LogP contribution in [0.15, 0.2) is 84.9 Å². The van der Waals surface area contributed by atoms with Crippen molar-refractivity contribution in [3.05, 3.63) is 84.9 Å². The first-order chi connectivity index (χ1) is 19.2. The Kier molecular flexibility index (Phi) is 6.50. The highest BCUT2D eigenvalue weighted by Gasteiger charge is 2.20. The number of primary amides is 4. The highest BCUT2D eigenvalue weighted by molar-refractivity contribution is 6.47. The van der Waals surface area contributed by atoms with Crippen LogP contribution in [0.1, 0.15) is 0 Å². The first-order valence-corrected chi connectivity index (χ1v) is 12.1. The molecule has 10 nitrogen and oxygen atoms in total. The van der Waals surface area contributed by atoms with Crippen LogP contribution in [0.25, 0.3) is 64.6 Å². The molecule has 0 fully saturated rings. The molecule has 198 valence electrons. The molecule has 8 amide bonds. The third-order valence-corrected chi connectivity index (χ3v) is 6.63. The lowest BCUT2D eigenvalue weighted by atomic mass is 9.95. The Morgan fingerprint density at radius 1 is 0.350 bits per heavy atom. The van der Waals surface area contributed by atoms with E-state index in [1.165, 1.54) is 64.6 Å². The Hall–Kier alpha value is -5.90. The number of hydrogen-bond acceptors (Lipinski definition) is 4. The lowest BCUT2D eigenvalue weighted by molar-refractivity contribution is 0.235. The number of fused-ring (bicyclic) bond motifs is 8. The average molecular weight is 533 g/mol. The third-order valence-electron chi connectivity index (χ3n) is 6.63. The summed E-state index contributed by atoms with van der Waals surface area (Å²) in [6.45, 7) is 0. The molecule has 7 rings (SSSR count). The Labute approximate surface area is 226 Å². The zero-order valence-electron chi connectivity index (χ0n) is 21.0. The predicted molar refractivity (Wildman–Crippen MR) is 158 cm³/mol. The highest BCUT2D eigenvalue weighted by atomic mass is 16.2. The standard InChI is InChI=1S/C26H14.2C2H5N3O2/c1-3-9-17-15(7-1)19-11-5-13-22-24-18-10-4-2-8-16(18)20-12-6-14-21(26(20)24)23(17)25(19)22;2*3-1(6)5-2(4)7/h1-14H;2*(H5,3,4,5,6,7). The number of carbonyl (C=O) groups is 4. The van der Waals surface area contributed by atoms with Crippen molar-refractivity contribution in [2.75, 3.05) is 0 Å². The maximum absolute atomic E-state index is 9.62. The number of benzene rings is 5. The Morgan fingerprint density at radius 2 is 0.575 bits per heavy atom. The van der Waals surface area contributed by atoms with Gasteiger partial charge in [0.25, 0.3) is 0 Å². The predicted octanol–water partition coefficient (Wildman–Crippen LogP) is 4.95. The summed E-state index contributed by atoms with van der Waals surface area (Å²) in [5.74, 6) is 0. The summed E-state index contributed by atoms with van der Waals surface area (Å²) in [6.07, 6.45) is 0. The topological polar surface area (TPSA) is 196 Å². The van der Waals surface area contributed by atoms with Crippen molar-refractivity contribution in [1.29, 1.82) is 0 Å². The van der Waals surface area contributed by atoms with Crippen LogP contribution in [-0.4, -0.2) is 24.1 Å². The quantitative estimate of drug-likeness (QED) is 0.150. The number of amides is 8.